The summed E-state index contributed by atoms with van der Waals surface area (Å²) in [6.07, 6.45) is 0. The van der Waals surface area contributed by atoms with Gasteiger partial charge in [-0.2, -0.15) is 0 Å². The predicted octanol–water partition coefficient (Wildman–Crippen LogP) is 3.14. The Morgan fingerprint density at radius 2 is 2.06 bits per heavy atom. The number of hydrogen-bond acceptors (Lipinski definition) is 3. The Morgan fingerprint density at radius 1 is 1.22 bits per heavy atom. The summed E-state index contributed by atoms with van der Waals surface area (Å²) in [4.78, 5) is 18.1. The molecule has 0 aliphatic carbocycles. The number of fused-ring (bicyclic) bond motifs is 1. The zero-order valence-corrected chi connectivity index (χ0v) is 10.3. The van der Waals surface area contributed by atoms with Crippen molar-refractivity contribution in [1.82, 2.24) is 9.97 Å². The van der Waals surface area contributed by atoms with Crippen molar-refractivity contribution in [3.05, 3.63) is 51.7 Å². The number of nitrogens with one attached hydrogen (secondary N) is 1. The Balaban J connectivity index is 2.21. The van der Waals surface area contributed by atoms with Crippen LogP contribution < -0.4 is 5.56 Å². The number of hydrogen-bond donors (Lipinski definition) is 1. The molecule has 0 bridgehead atoms. The van der Waals surface area contributed by atoms with Crippen LogP contribution in [0.25, 0.3) is 22.2 Å². The summed E-state index contributed by atoms with van der Waals surface area (Å²) in [5.74, 6) is 0.617. The molecule has 0 aliphatic heterocycles. The van der Waals surface area contributed by atoms with E-state index in [1.165, 1.54) is 6.07 Å². The molecular weight excluding hydrogens is 252 g/mol. The number of H-pyrrole nitrogens is 1. The molecule has 90 valence electrons. The maximum absolute atomic E-state index is 11.4. The number of aromatic nitrogens is 2. The van der Waals surface area contributed by atoms with Crippen molar-refractivity contribution in [1.29, 1.82) is 0 Å². The number of nitrogens with zero attached hydrogens (tertiary/aromatic N) is 1. The molecule has 3 aromatic rings. The van der Waals surface area contributed by atoms with Gasteiger partial charge < -0.3 is 9.40 Å². The van der Waals surface area contributed by atoms with Crippen LogP contribution in [-0.4, -0.2) is 9.97 Å². The van der Waals surface area contributed by atoms with E-state index in [2.05, 4.69) is 9.97 Å². The summed E-state index contributed by atoms with van der Waals surface area (Å²) in [5.41, 5.74) is 2.90. The quantitative estimate of drug-likeness (QED) is 0.684. The molecule has 0 fully saturated rings. The van der Waals surface area contributed by atoms with Crippen LogP contribution in [0.3, 0.4) is 0 Å². The van der Waals surface area contributed by atoms with Crippen molar-refractivity contribution in [2.75, 3.05) is 0 Å². The van der Waals surface area contributed by atoms with Gasteiger partial charge in [-0.3, -0.25) is 4.79 Å². The van der Waals surface area contributed by atoms with Crippen LogP contribution >= 0.6 is 11.6 Å². The Kier molecular flexibility index (Phi) is 2.45. The molecule has 0 aliphatic rings. The van der Waals surface area contributed by atoms with Crippen molar-refractivity contribution in [2.45, 2.75) is 6.92 Å². The molecule has 4 nitrogen and oxygen atoms in total. The van der Waals surface area contributed by atoms with Crippen LogP contribution in [0.1, 0.15) is 5.89 Å². The highest BCUT2D eigenvalue weighted by atomic mass is 35.5. The van der Waals surface area contributed by atoms with E-state index in [1.807, 2.05) is 18.2 Å². The topological polar surface area (TPSA) is 58.9 Å². The third-order valence-electron chi connectivity index (χ3n) is 2.64. The van der Waals surface area contributed by atoms with Crippen molar-refractivity contribution in [3.8, 4) is 11.1 Å². The minimum atomic E-state index is -0.228. The molecule has 2 aromatic heterocycles. The molecule has 0 saturated carbocycles. The monoisotopic (exact) mass is 260 g/mol. The molecule has 18 heavy (non-hydrogen) atoms. The first-order valence-electron chi connectivity index (χ1n) is 5.39. The van der Waals surface area contributed by atoms with Crippen LogP contribution in [0, 0.1) is 6.92 Å². The second-order valence-electron chi connectivity index (χ2n) is 4.00. The zero-order valence-electron chi connectivity index (χ0n) is 9.53. The molecule has 0 amide bonds. The molecular formula is C13H9ClN2O2. The van der Waals surface area contributed by atoms with E-state index in [-0.39, 0.29) is 5.56 Å². The van der Waals surface area contributed by atoms with E-state index in [4.69, 9.17) is 16.0 Å². The summed E-state index contributed by atoms with van der Waals surface area (Å²) in [7, 11) is 0. The molecule has 2 heterocycles. The van der Waals surface area contributed by atoms with Gasteiger partial charge in [-0.05, 0) is 29.3 Å². The zero-order chi connectivity index (χ0) is 12.7. The first-order valence-corrected chi connectivity index (χ1v) is 5.77. The highest BCUT2D eigenvalue weighted by molar-refractivity contribution is 6.29. The minimum absolute atomic E-state index is 0.228. The Hall–Kier alpha value is -2.07. The molecule has 3 rings (SSSR count). The van der Waals surface area contributed by atoms with Crippen LogP contribution in [0.15, 0.2) is 39.5 Å². The van der Waals surface area contributed by atoms with E-state index in [1.54, 1.807) is 13.0 Å². The van der Waals surface area contributed by atoms with Gasteiger partial charge in [0.2, 0.25) is 5.56 Å². The predicted molar refractivity (Wildman–Crippen MR) is 69.8 cm³/mol. The number of aromatic amines is 1. The smallest absolute Gasteiger partial charge is 0.249 e. The van der Waals surface area contributed by atoms with Crippen molar-refractivity contribution in [3.63, 3.8) is 0 Å². The largest absolute Gasteiger partial charge is 0.441 e. The Labute approximate surface area is 107 Å². The van der Waals surface area contributed by atoms with Gasteiger partial charge in [0.25, 0.3) is 0 Å². The fourth-order valence-corrected chi connectivity index (χ4v) is 2.11. The van der Waals surface area contributed by atoms with Crippen LogP contribution in [0.2, 0.25) is 5.15 Å². The van der Waals surface area contributed by atoms with E-state index in [0.29, 0.717) is 11.0 Å². The van der Waals surface area contributed by atoms with Gasteiger partial charge in [-0.25, -0.2) is 4.98 Å². The minimum Gasteiger partial charge on any atom is -0.441 e. The summed E-state index contributed by atoms with van der Waals surface area (Å²) in [6.45, 7) is 1.80. The van der Waals surface area contributed by atoms with Crippen molar-refractivity contribution < 1.29 is 4.42 Å². The molecule has 5 heteroatoms. The first kappa shape index (κ1) is 11.0. The van der Waals surface area contributed by atoms with Gasteiger partial charge in [-0.1, -0.05) is 17.7 Å². The van der Waals surface area contributed by atoms with Crippen LogP contribution in [0.4, 0.5) is 0 Å². The fourth-order valence-electron chi connectivity index (χ4n) is 1.90. The van der Waals surface area contributed by atoms with Gasteiger partial charge in [0.1, 0.15) is 10.7 Å². The maximum Gasteiger partial charge on any atom is 0.249 e. The molecule has 0 spiro atoms. The summed E-state index contributed by atoms with van der Waals surface area (Å²) in [5, 5.41) is 0.314. The van der Waals surface area contributed by atoms with E-state index >= 15 is 0 Å². The second-order valence-corrected chi connectivity index (χ2v) is 4.40. The standard InChI is InChI=1S/C13H9ClN2O2/c1-7-15-10-4-8(2-3-11(10)18-7)9-5-12(14)16-13(17)6-9/h2-6H,1H3,(H,16,17). The van der Waals surface area contributed by atoms with Gasteiger partial charge in [0.05, 0.1) is 0 Å². The van der Waals surface area contributed by atoms with Crippen LogP contribution in [-0.2, 0) is 0 Å². The molecule has 1 aromatic carbocycles. The number of aryl methyl sites for hydroxylation is 1. The summed E-state index contributed by atoms with van der Waals surface area (Å²) < 4.78 is 5.40. The lowest BCUT2D eigenvalue weighted by atomic mass is 10.1. The fraction of sp³-hybridized carbons (Fsp3) is 0.0769. The van der Waals surface area contributed by atoms with Crippen molar-refractivity contribution in [2.24, 2.45) is 0 Å². The summed E-state index contributed by atoms with van der Waals surface area (Å²) >= 11 is 5.83. The average Bonchev–Trinajstić information content (AvgIpc) is 2.66. The third-order valence-corrected chi connectivity index (χ3v) is 2.84. The second kappa shape index (κ2) is 3.99. The van der Waals surface area contributed by atoms with Gasteiger partial charge in [0, 0.05) is 13.0 Å². The molecule has 0 unspecified atom stereocenters. The van der Waals surface area contributed by atoms with E-state index in [0.717, 1.165) is 22.2 Å². The SMILES string of the molecule is Cc1nc2cc(-c3cc(Cl)[nH]c(=O)c3)ccc2o1. The number of oxazole rings is 1. The molecule has 1 N–H and O–H groups in total. The number of pyridine rings is 1. The normalized spacial score (nSPS) is 11.0. The van der Waals surface area contributed by atoms with Gasteiger partial charge >= 0.3 is 0 Å². The average molecular weight is 261 g/mol. The van der Waals surface area contributed by atoms with E-state index in [9.17, 15) is 4.79 Å². The lowest BCUT2D eigenvalue weighted by Gasteiger charge is -2.01. The first-order chi connectivity index (χ1) is 8.61. The molecule has 0 saturated heterocycles. The highest BCUT2D eigenvalue weighted by Crippen LogP contribution is 2.24. The Morgan fingerprint density at radius 3 is 2.83 bits per heavy atom. The van der Waals surface area contributed by atoms with Gasteiger partial charge in [-0.15, -0.1) is 0 Å². The van der Waals surface area contributed by atoms with Crippen molar-refractivity contribution >= 4 is 22.7 Å². The Bertz CT molecular complexity index is 789. The van der Waals surface area contributed by atoms with Crippen LogP contribution in [0.5, 0.6) is 0 Å². The summed E-state index contributed by atoms with van der Waals surface area (Å²) in [6, 6.07) is 8.78. The van der Waals surface area contributed by atoms with Gasteiger partial charge in [0.15, 0.2) is 11.5 Å². The lowest BCUT2D eigenvalue weighted by Crippen LogP contribution is -2.03. The maximum atomic E-state index is 11.4. The molecule has 0 radical (unpaired) electrons. The number of halogens is 1. The van der Waals surface area contributed by atoms with E-state index < -0.39 is 0 Å². The lowest BCUT2D eigenvalue weighted by molar-refractivity contribution is 0.561. The highest BCUT2D eigenvalue weighted by Gasteiger charge is 2.06. The number of rotatable bonds is 1. The third kappa shape index (κ3) is 1.91. The molecule has 0 atom stereocenters. The number of benzene rings is 1.